The van der Waals surface area contributed by atoms with Gasteiger partial charge in [0, 0.05) is 37.7 Å². The molecule has 7 aromatic carbocycles. The van der Waals surface area contributed by atoms with Crippen LogP contribution in [0.5, 0.6) is 0 Å². The Morgan fingerprint density at radius 3 is 1.68 bits per heavy atom. The molecule has 1 aliphatic rings. The van der Waals surface area contributed by atoms with E-state index in [1.807, 2.05) is 42.5 Å². The standard InChI is InChI=1S/C51H32N2O7S3/c54-50(60-51(55)39-27-21-35(22-28-39)18-24-37-10-3-7-15-47(37)53-63(58,59)49-33-61-48-16-8-5-13-45(48)49)38-25-19-34(20-26-38)17-23-36-9-2-6-14-46(36)52-62(56,57)42-29-30-44-41(32-42)31-40-11-1-4-12-43(40)44/h1-16,19-22,25-30,32-33,52-53H,31H2. The molecule has 0 saturated heterocycles. The molecular weight excluding hydrogens is 849 g/mol. The smallest absolute Gasteiger partial charge is 0.346 e. The number of hydrogen-bond acceptors (Lipinski definition) is 8. The molecule has 0 radical (unpaired) electrons. The molecule has 0 aliphatic heterocycles. The number of rotatable bonds is 8. The zero-order valence-electron chi connectivity index (χ0n) is 33.0. The fourth-order valence-corrected chi connectivity index (χ4v) is 10.8. The van der Waals surface area contributed by atoms with Gasteiger partial charge in [0.1, 0.15) is 4.90 Å². The first-order chi connectivity index (χ1) is 30.5. The number of thiophene rings is 1. The van der Waals surface area contributed by atoms with E-state index in [1.54, 1.807) is 102 Å². The molecule has 63 heavy (non-hydrogen) atoms. The lowest BCUT2D eigenvalue weighted by Crippen LogP contribution is -2.14. The molecule has 0 bridgehead atoms. The fourth-order valence-electron chi connectivity index (χ4n) is 7.08. The molecule has 9 rings (SSSR count). The van der Waals surface area contributed by atoms with Crippen LogP contribution >= 0.6 is 11.3 Å². The van der Waals surface area contributed by atoms with Crippen molar-refractivity contribution < 1.29 is 31.2 Å². The van der Waals surface area contributed by atoms with Gasteiger partial charge in [0.05, 0.1) is 27.4 Å². The van der Waals surface area contributed by atoms with Gasteiger partial charge in [0.25, 0.3) is 20.0 Å². The lowest BCUT2D eigenvalue weighted by Gasteiger charge is -2.11. The van der Waals surface area contributed by atoms with Gasteiger partial charge in [0.15, 0.2) is 0 Å². The van der Waals surface area contributed by atoms with Crippen molar-refractivity contribution in [3.05, 3.63) is 214 Å². The van der Waals surface area contributed by atoms with Crippen LogP contribution in [0.4, 0.5) is 11.4 Å². The first kappa shape index (κ1) is 40.7. The summed E-state index contributed by atoms with van der Waals surface area (Å²) in [6, 6.07) is 46.5. The Labute approximate surface area is 368 Å². The maximum absolute atomic E-state index is 13.5. The number of fused-ring (bicyclic) bond motifs is 4. The summed E-state index contributed by atoms with van der Waals surface area (Å²) in [5.41, 5.74) is 7.16. The van der Waals surface area contributed by atoms with Crippen LogP contribution in [0.1, 0.15) is 54.1 Å². The summed E-state index contributed by atoms with van der Waals surface area (Å²) < 4.78 is 65.1. The molecule has 1 aromatic heterocycles. The summed E-state index contributed by atoms with van der Waals surface area (Å²) in [5, 5.41) is 2.26. The highest BCUT2D eigenvalue weighted by Gasteiger charge is 2.23. The van der Waals surface area contributed by atoms with Crippen LogP contribution < -0.4 is 9.44 Å². The molecule has 0 saturated carbocycles. The van der Waals surface area contributed by atoms with Crippen LogP contribution in [-0.4, -0.2) is 28.8 Å². The second kappa shape index (κ2) is 17.0. The largest absolute Gasteiger partial charge is 0.386 e. The molecule has 0 fully saturated rings. The number of para-hydroxylation sites is 2. The Morgan fingerprint density at radius 1 is 0.524 bits per heavy atom. The number of benzene rings is 7. The average Bonchev–Trinajstić information content (AvgIpc) is 3.91. The van der Waals surface area contributed by atoms with Gasteiger partial charge in [-0.05, 0) is 120 Å². The molecule has 8 aromatic rings. The maximum Gasteiger partial charge on any atom is 0.346 e. The predicted molar refractivity (Wildman–Crippen MR) is 246 cm³/mol. The number of carbonyl (C=O) groups excluding carboxylic acids is 2. The minimum Gasteiger partial charge on any atom is -0.386 e. The highest BCUT2D eigenvalue weighted by atomic mass is 32.2. The number of esters is 2. The molecule has 0 atom stereocenters. The quantitative estimate of drug-likeness (QED) is 0.0882. The van der Waals surface area contributed by atoms with Crippen LogP contribution in [0, 0.1) is 23.7 Å². The van der Waals surface area contributed by atoms with Crippen molar-refractivity contribution in [3.63, 3.8) is 0 Å². The van der Waals surface area contributed by atoms with Gasteiger partial charge >= 0.3 is 11.9 Å². The summed E-state index contributed by atoms with van der Waals surface area (Å²) in [5.74, 6) is 10.3. The van der Waals surface area contributed by atoms with E-state index in [0.29, 0.717) is 45.4 Å². The molecule has 9 nitrogen and oxygen atoms in total. The van der Waals surface area contributed by atoms with Crippen molar-refractivity contribution in [2.24, 2.45) is 0 Å². The molecular formula is C51H32N2O7S3. The first-order valence-electron chi connectivity index (χ1n) is 19.4. The van der Waals surface area contributed by atoms with Crippen LogP contribution in [0.25, 0.3) is 21.2 Å². The highest BCUT2D eigenvalue weighted by Crippen LogP contribution is 2.38. The highest BCUT2D eigenvalue weighted by molar-refractivity contribution is 7.93. The Bertz CT molecular complexity index is 3480. The molecule has 2 N–H and O–H groups in total. The molecule has 306 valence electrons. The van der Waals surface area contributed by atoms with Crippen LogP contribution in [-0.2, 0) is 31.2 Å². The average molecular weight is 881 g/mol. The third kappa shape index (κ3) is 8.73. The van der Waals surface area contributed by atoms with Crippen LogP contribution in [0.2, 0.25) is 0 Å². The summed E-state index contributed by atoms with van der Waals surface area (Å²) in [7, 11) is -7.82. The molecule has 1 aliphatic carbocycles. The van der Waals surface area contributed by atoms with E-state index in [4.69, 9.17) is 4.74 Å². The fraction of sp³-hybridized carbons (Fsp3) is 0.0196. The third-order valence-electron chi connectivity index (χ3n) is 10.3. The number of ether oxygens (including phenoxy) is 1. The first-order valence-corrected chi connectivity index (χ1v) is 23.3. The van der Waals surface area contributed by atoms with Crippen molar-refractivity contribution >= 4 is 64.8 Å². The van der Waals surface area contributed by atoms with E-state index >= 15 is 0 Å². The predicted octanol–water partition coefficient (Wildman–Crippen LogP) is 9.87. The molecule has 0 amide bonds. The van der Waals surface area contributed by atoms with E-state index < -0.39 is 32.0 Å². The minimum absolute atomic E-state index is 0.128. The van der Waals surface area contributed by atoms with Crippen molar-refractivity contribution in [2.45, 2.75) is 16.2 Å². The van der Waals surface area contributed by atoms with Gasteiger partial charge in [-0.2, -0.15) is 0 Å². The SMILES string of the molecule is O=C(OC(=O)c1ccc(C#Cc2ccccc2NS(=O)(=O)c2csc3ccccc23)cc1)c1ccc(C#Cc2ccccc2NS(=O)(=O)c2ccc3c(c2)Cc2ccccc2-3)cc1. The van der Waals surface area contributed by atoms with E-state index in [2.05, 4.69) is 33.1 Å². The molecule has 0 unspecified atom stereocenters. The molecule has 0 spiro atoms. The maximum atomic E-state index is 13.5. The van der Waals surface area contributed by atoms with Gasteiger partial charge in [0.2, 0.25) is 0 Å². The number of anilines is 2. The van der Waals surface area contributed by atoms with E-state index in [1.165, 1.54) is 35.6 Å². The zero-order chi connectivity index (χ0) is 43.6. The third-order valence-corrected chi connectivity index (χ3v) is 14.1. The second-order valence-electron chi connectivity index (χ2n) is 14.4. The van der Waals surface area contributed by atoms with E-state index in [0.717, 1.165) is 27.0 Å². The van der Waals surface area contributed by atoms with Gasteiger partial charge in [-0.15, -0.1) is 11.3 Å². The second-order valence-corrected chi connectivity index (χ2v) is 18.6. The van der Waals surface area contributed by atoms with Gasteiger partial charge in [-0.25, -0.2) is 26.4 Å². The van der Waals surface area contributed by atoms with Crippen molar-refractivity contribution in [1.29, 1.82) is 0 Å². The Kier molecular flexibility index (Phi) is 10.9. The monoisotopic (exact) mass is 880 g/mol. The van der Waals surface area contributed by atoms with Gasteiger partial charge in [-0.3, -0.25) is 9.44 Å². The Hall–Kier alpha value is -7.74. The number of nitrogens with one attached hydrogen (secondary N) is 2. The minimum atomic E-state index is -3.93. The normalized spacial score (nSPS) is 11.6. The number of sulfonamides is 2. The van der Waals surface area contributed by atoms with E-state index in [-0.39, 0.29) is 20.9 Å². The van der Waals surface area contributed by atoms with Crippen molar-refractivity contribution in [2.75, 3.05) is 9.44 Å². The van der Waals surface area contributed by atoms with Crippen LogP contribution in [0.3, 0.4) is 0 Å². The van der Waals surface area contributed by atoms with Crippen molar-refractivity contribution in [3.8, 4) is 34.8 Å². The lowest BCUT2D eigenvalue weighted by molar-refractivity contribution is 0.0397. The number of hydrogen-bond donors (Lipinski definition) is 2. The van der Waals surface area contributed by atoms with E-state index in [9.17, 15) is 26.4 Å². The van der Waals surface area contributed by atoms with Gasteiger partial charge in [-0.1, -0.05) is 96.5 Å². The van der Waals surface area contributed by atoms with Crippen LogP contribution in [0.15, 0.2) is 179 Å². The molecule has 12 heteroatoms. The zero-order valence-corrected chi connectivity index (χ0v) is 35.4. The topological polar surface area (TPSA) is 136 Å². The summed E-state index contributed by atoms with van der Waals surface area (Å²) in [4.78, 5) is 26.2. The number of carbonyl (C=O) groups is 2. The summed E-state index contributed by atoms with van der Waals surface area (Å²) in [6.45, 7) is 0. The Morgan fingerprint density at radius 2 is 1.05 bits per heavy atom. The summed E-state index contributed by atoms with van der Waals surface area (Å²) >= 11 is 1.35. The van der Waals surface area contributed by atoms with Gasteiger partial charge < -0.3 is 4.74 Å². The summed E-state index contributed by atoms with van der Waals surface area (Å²) in [6.07, 6.45) is 0.666. The molecule has 1 heterocycles. The van der Waals surface area contributed by atoms with Crippen molar-refractivity contribution in [1.82, 2.24) is 0 Å². The Balaban J connectivity index is 0.821. The lowest BCUT2D eigenvalue weighted by atomic mass is 10.1.